The third-order valence-electron chi connectivity index (χ3n) is 5.81. The molecule has 0 spiro atoms. The monoisotopic (exact) mass is 380 g/mol. The van der Waals surface area contributed by atoms with Crippen LogP contribution in [0, 0.1) is 19.7 Å². The standard InChI is InChI=1S/C23H25FN2O2/c1-15-10-16(2)19-13-21(26-20(19)11-15)22(27)25-14-23(6-8-28-9-7-23)17-4-3-5-18(24)12-17/h3-5,10-13,26H,6-9,14H2,1-2H3,(H,25,27). The molecule has 2 N–H and O–H groups in total. The molecule has 1 amide bonds. The van der Waals surface area contributed by atoms with Gasteiger partial charge >= 0.3 is 0 Å². The molecule has 4 nitrogen and oxygen atoms in total. The number of amides is 1. The molecule has 1 aromatic heterocycles. The van der Waals surface area contributed by atoms with Gasteiger partial charge in [-0.1, -0.05) is 18.2 Å². The number of hydrogen-bond donors (Lipinski definition) is 2. The lowest BCUT2D eigenvalue weighted by atomic mass is 9.74. The van der Waals surface area contributed by atoms with Crippen molar-refractivity contribution in [2.75, 3.05) is 19.8 Å². The Kier molecular flexibility index (Phi) is 4.94. The molecule has 2 heterocycles. The molecule has 0 bridgehead atoms. The molecule has 3 aromatic rings. The fourth-order valence-corrected chi connectivity index (χ4v) is 4.21. The molecular weight excluding hydrogens is 355 g/mol. The normalized spacial score (nSPS) is 16.2. The quantitative estimate of drug-likeness (QED) is 0.705. The van der Waals surface area contributed by atoms with Crippen molar-refractivity contribution in [1.29, 1.82) is 0 Å². The minimum Gasteiger partial charge on any atom is -0.381 e. The number of halogens is 1. The third kappa shape index (κ3) is 3.54. The van der Waals surface area contributed by atoms with Gasteiger partial charge in [-0.05, 0) is 67.6 Å². The van der Waals surface area contributed by atoms with Crippen LogP contribution in [0.3, 0.4) is 0 Å². The van der Waals surface area contributed by atoms with E-state index in [-0.39, 0.29) is 17.1 Å². The van der Waals surface area contributed by atoms with E-state index in [0.29, 0.717) is 25.5 Å². The third-order valence-corrected chi connectivity index (χ3v) is 5.81. The van der Waals surface area contributed by atoms with E-state index in [4.69, 9.17) is 4.74 Å². The number of H-pyrrole nitrogens is 1. The summed E-state index contributed by atoms with van der Waals surface area (Å²) in [6, 6.07) is 12.8. The van der Waals surface area contributed by atoms with E-state index >= 15 is 0 Å². The highest BCUT2D eigenvalue weighted by Crippen LogP contribution is 2.34. The number of carbonyl (C=O) groups excluding carboxylic acids is 1. The highest BCUT2D eigenvalue weighted by Gasteiger charge is 2.35. The first kappa shape index (κ1) is 18.7. The van der Waals surface area contributed by atoms with E-state index in [1.807, 2.05) is 32.0 Å². The van der Waals surface area contributed by atoms with Crippen LogP contribution >= 0.6 is 0 Å². The van der Waals surface area contributed by atoms with Crippen molar-refractivity contribution in [2.24, 2.45) is 0 Å². The van der Waals surface area contributed by atoms with Crippen LogP contribution < -0.4 is 5.32 Å². The minimum atomic E-state index is -0.311. The lowest BCUT2D eigenvalue weighted by Crippen LogP contribution is -2.44. The Balaban J connectivity index is 1.57. The second kappa shape index (κ2) is 7.40. The average molecular weight is 380 g/mol. The minimum absolute atomic E-state index is 0.143. The maximum atomic E-state index is 13.8. The Labute approximate surface area is 164 Å². The molecule has 4 rings (SSSR count). The fourth-order valence-electron chi connectivity index (χ4n) is 4.21. The molecule has 1 fully saturated rings. The van der Waals surface area contributed by atoms with E-state index in [1.54, 1.807) is 12.1 Å². The summed E-state index contributed by atoms with van der Waals surface area (Å²) in [5.74, 6) is -0.397. The Morgan fingerprint density at radius 3 is 2.71 bits per heavy atom. The summed E-state index contributed by atoms with van der Waals surface area (Å²) in [4.78, 5) is 16.1. The lowest BCUT2D eigenvalue weighted by Gasteiger charge is -2.38. The van der Waals surface area contributed by atoms with Crippen LogP contribution in [0.25, 0.3) is 10.9 Å². The molecule has 28 heavy (non-hydrogen) atoms. The number of aryl methyl sites for hydroxylation is 2. The first-order valence-electron chi connectivity index (χ1n) is 9.69. The van der Waals surface area contributed by atoms with E-state index in [9.17, 15) is 9.18 Å². The van der Waals surface area contributed by atoms with Crippen LogP contribution in [-0.4, -0.2) is 30.6 Å². The van der Waals surface area contributed by atoms with Crippen molar-refractivity contribution in [3.8, 4) is 0 Å². The fraction of sp³-hybridized carbons (Fsp3) is 0.348. The zero-order valence-electron chi connectivity index (χ0n) is 16.3. The number of aromatic amines is 1. The summed E-state index contributed by atoms with van der Waals surface area (Å²) < 4.78 is 19.3. The van der Waals surface area contributed by atoms with Gasteiger partial charge in [0.05, 0.1) is 0 Å². The van der Waals surface area contributed by atoms with Crippen molar-refractivity contribution in [3.05, 3.63) is 70.7 Å². The van der Waals surface area contributed by atoms with Crippen molar-refractivity contribution in [1.82, 2.24) is 10.3 Å². The summed E-state index contributed by atoms with van der Waals surface area (Å²) >= 11 is 0. The molecule has 1 aliphatic rings. The predicted molar refractivity (Wildman–Crippen MR) is 108 cm³/mol. The van der Waals surface area contributed by atoms with Crippen LogP contribution in [0.15, 0.2) is 42.5 Å². The van der Waals surface area contributed by atoms with E-state index in [1.165, 1.54) is 6.07 Å². The molecule has 1 saturated heterocycles. The average Bonchev–Trinajstić information content (AvgIpc) is 3.11. The topological polar surface area (TPSA) is 54.1 Å². The van der Waals surface area contributed by atoms with Crippen molar-refractivity contribution in [3.63, 3.8) is 0 Å². The second-order valence-corrected chi connectivity index (χ2v) is 7.81. The summed E-state index contributed by atoms with van der Waals surface area (Å²) in [5, 5.41) is 4.13. The summed E-state index contributed by atoms with van der Waals surface area (Å²) in [6.45, 7) is 5.76. The first-order valence-corrected chi connectivity index (χ1v) is 9.69. The van der Waals surface area contributed by atoms with Crippen molar-refractivity contribution >= 4 is 16.8 Å². The van der Waals surface area contributed by atoms with E-state index in [2.05, 4.69) is 16.4 Å². The summed E-state index contributed by atoms with van der Waals surface area (Å²) in [5.41, 5.74) is 4.42. The van der Waals surface area contributed by atoms with Crippen LogP contribution in [0.1, 0.15) is 40.0 Å². The van der Waals surface area contributed by atoms with Gasteiger partial charge in [-0.25, -0.2) is 4.39 Å². The molecule has 0 saturated carbocycles. The van der Waals surface area contributed by atoms with Crippen molar-refractivity contribution in [2.45, 2.75) is 32.1 Å². The van der Waals surface area contributed by atoms with Crippen LogP contribution in [0.5, 0.6) is 0 Å². The molecule has 0 aliphatic carbocycles. The van der Waals surface area contributed by atoms with Gasteiger partial charge < -0.3 is 15.0 Å². The summed E-state index contributed by atoms with van der Waals surface area (Å²) in [6.07, 6.45) is 1.50. The first-order chi connectivity index (χ1) is 13.5. The molecule has 146 valence electrons. The molecular formula is C23H25FN2O2. The SMILES string of the molecule is Cc1cc(C)c2cc(C(=O)NCC3(c4cccc(F)c4)CCOCC3)[nH]c2c1. The molecule has 0 radical (unpaired) electrons. The summed E-state index contributed by atoms with van der Waals surface area (Å²) in [7, 11) is 0. The van der Waals surface area contributed by atoms with Gasteiger partial charge in [0.25, 0.3) is 5.91 Å². The van der Waals surface area contributed by atoms with Gasteiger partial charge in [-0.2, -0.15) is 0 Å². The Bertz CT molecular complexity index is 1020. The Hall–Kier alpha value is -2.66. The zero-order valence-corrected chi connectivity index (χ0v) is 16.3. The van der Waals surface area contributed by atoms with Gasteiger partial charge in [-0.15, -0.1) is 0 Å². The Morgan fingerprint density at radius 1 is 1.18 bits per heavy atom. The predicted octanol–water partition coefficient (Wildman–Crippen LogP) is 4.40. The highest BCUT2D eigenvalue weighted by molar-refractivity contribution is 5.99. The van der Waals surface area contributed by atoms with Gasteiger partial charge in [0.1, 0.15) is 11.5 Å². The van der Waals surface area contributed by atoms with E-state index < -0.39 is 0 Å². The number of fused-ring (bicyclic) bond motifs is 1. The number of aromatic nitrogens is 1. The largest absolute Gasteiger partial charge is 0.381 e. The number of ether oxygens (including phenoxy) is 1. The molecule has 0 unspecified atom stereocenters. The van der Waals surface area contributed by atoms with Gasteiger partial charge in [0.15, 0.2) is 0 Å². The zero-order chi connectivity index (χ0) is 19.7. The van der Waals surface area contributed by atoms with Gasteiger partial charge in [0, 0.05) is 36.1 Å². The number of carbonyl (C=O) groups is 1. The van der Waals surface area contributed by atoms with E-state index in [0.717, 1.165) is 40.4 Å². The van der Waals surface area contributed by atoms with Gasteiger partial charge in [-0.3, -0.25) is 4.79 Å². The highest BCUT2D eigenvalue weighted by atomic mass is 19.1. The smallest absolute Gasteiger partial charge is 0.267 e. The molecule has 5 heteroatoms. The maximum absolute atomic E-state index is 13.8. The van der Waals surface area contributed by atoms with Crippen LogP contribution in [0.2, 0.25) is 0 Å². The molecule has 2 aromatic carbocycles. The van der Waals surface area contributed by atoms with Crippen LogP contribution in [-0.2, 0) is 10.2 Å². The second-order valence-electron chi connectivity index (χ2n) is 7.81. The Morgan fingerprint density at radius 2 is 1.96 bits per heavy atom. The van der Waals surface area contributed by atoms with Crippen molar-refractivity contribution < 1.29 is 13.9 Å². The van der Waals surface area contributed by atoms with Crippen LogP contribution in [0.4, 0.5) is 4.39 Å². The lowest BCUT2D eigenvalue weighted by molar-refractivity contribution is 0.0486. The molecule has 0 atom stereocenters. The van der Waals surface area contributed by atoms with Gasteiger partial charge in [0.2, 0.25) is 0 Å². The molecule has 1 aliphatic heterocycles. The number of rotatable bonds is 4. The number of benzene rings is 2. The maximum Gasteiger partial charge on any atom is 0.267 e. The number of hydrogen-bond acceptors (Lipinski definition) is 2. The number of nitrogens with one attached hydrogen (secondary N) is 2.